The summed E-state index contributed by atoms with van der Waals surface area (Å²) in [5, 5.41) is 7.57. The molecule has 1 aliphatic rings. The Morgan fingerprint density at radius 2 is 2.33 bits per heavy atom. The molecule has 116 valence electrons. The Bertz CT molecular complexity index is 484. The molecule has 0 saturated carbocycles. The number of nitrogens with zero attached hydrogens (tertiary/aromatic N) is 1. The van der Waals surface area contributed by atoms with Crippen LogP contribution in [-0.4, -0.2) is 43.6 Å². The molecule has 0 bridgehead atoms. The zero-order chi connectivity index (χ0) is 15.2. The van der Waals surface area contributed by atoms with E-state index in [-0.39, 0.29) is 5.84 Å². The normalized spacial score (nSPS) is 18.1. The number of methoxy groups -OCH3 is 1. The van der Waals surface area contributed by atoms with E-state index in [1.165, 1.54) is 0 Å². The number of hydrogen-bond acceptors (Lipinski definition) is 4. The van der Waals surface area contributed by atoms with E-state index in [1.807, 2.05) is 18.2 Å². The molecule has 0 aromatic heterocycles. The fourth-order valence-electron chi connectivity index (χ4n) is 2.69. The molecular weight excluding hydrogens is 266 g/mol. The van der Waals surface area contributed by atoms with E-state index in [2.05, 4.69) is 11.8 Å². The number of likely N-dealkylation sites (N-methyl/N-ethyl adjacent to an activating group) is 1. The van der Waals surface area contributed by atoms with Crippen LogP contribution in [-0.2, 0) is 11.3 Å². The molecule has 1 unspecified atom stereocenters. The number of nitrogen functional groups attached to an aromatic ring is 1. The van der Waals surface area contributed by atoms with Crippen LogP contribution in [0.2, 0.25) is 0 Å². The van der Waals surface area contributed by atoms with Crippen molar-refractivity contribution in [2.75, 3.05) is 26.8 Å². The number of hydrogen-bond donors (Lipinski definition) is 2. The molecule has 0 aliphatic carbocycles. The molecule has 0 radical (unpaired) electrons. The molecule has 21 heavy (non-hydrogen) atoms. The van der Waals surface area contributed by atoms with E-state index in [1.54, 1.807) is 7.11 Å². The predicted octanol–water partition coefficient (Wildman–Crippen LogP) is 1.98. The van der Waals surface area contributed by atoms with Gasteiger partial charge in [0, 0.05) is 30.8 Å². The summed E-state index contributed by atoms with van der Waals surface area (Å²) < 4.78 is 11.1. The fourth-order valence-corrected chi connectivity index (χ4v) is 2.69. The number of rotatable bonds is 7. The van der Waals surface area contributed by atoms with Crippen LogP contribution < -0.4 is 10.5 Å². The first kappa shape index (κ1) is 15.8. The van der Waals surface area contributed by atoms with Crippen LogP contribution in [0.15, 0.2) is 18.2 Å². The summed E-state index contributed by atoms with van der Waals surface area (Å²) in [6.07, 6.45) is 2.64. The second kappa shape index (κ2) is 7.43. The highest BCUT2D eigenvalue weighted by molar-refractivity contribution is 5.95. The summed E-state index contributed by atoms with van der Waals surface area (Å²) >= 11 is 0. The predicted molar refractivity (Wildman–Crippen MR) is 83.9 cm³/mol. The molecule has 1 fully saturated rings. The van der Waals surface area contributed by atoms with Crippen molar-refractivity contribution in [3.05, 3.63) is 29.3 Å². The van der Waals surface area contributed by atoms with Gasteiger partial charge >= 0.3 is 0 Å². The lowest BCUT2D eigenvalue weighted by molar-refractivity contribution is 0.0722. The number of nitrogens with two attached hydrogens (primary N) is 1. The first-order chi connectivity index (χ1) is 10.1. The SMILES string of the molecule is CCN(Cc1cc(C(=N)N)ccc1OC)CC1CCCO1. The number of benzene rings is 1. The molecule has 1 aliphatic heterocycles. The summed E-state index contributed by atoms with van der Waals surface area (Å²) in [7, 11) is 1.67. The van der Waals surface area contributed by atoms with E-state index >= 15 is 0 Å². The van der Waals surface area contributed by atoms with Crippen molar-refractivity contribution in [3.63, 3.8) is 0 Å². The Kier molecular flexibility index (Phi) is 5.59. The molecule has 5 nitrogen and oxygen atoms in total. The summed E-state index contributed by atoms with van der Waals surface area (Å²) in [6.45, 7) is 5.69. The Hall–Kier alpha value is -1.59. The van der Waals surface area contributed by atoms with Crippen molar-refractivity contribution in [1.82, 2.24) is 4.90 Å². The monoisotopic (exact) mass is 291 g/mol. The second-order valence-electron chi connectivity index (χ2n) is 5.40. The van der Waals surface area contributed by atoms with Gasteiger partial charge in [-0.1, -0.05) is 6.92 Å². The minimum absolute atomic E-state index is 0.0843. The van der Waals surface area contributed by atoms with Crippen molar-refractivity contribution in [2.24, 2.45) is 5.73 Å². The van der Waals surface area contributed by atoms with Crippen LogP contribution in [0, 0.1) is 5.41 Å². The Labute approximate surface area is 126 Å². The molecule has 5 heteroatoms. The third-order valence-corrected chi connectivity index (χ3v) is 3.92. The highest BCUT2D eigenvalue weighted by Gasteiger charge is 2.19. The molecule has 0 amide bonds. The highest BCUT2D eigenvalue weighted by atomic mass is 16.5. The van der Waals surface area contributed by atoms with Crippen LogP contribution >= 0.6 is 0 Å². The van der Waals surface area contributed by atoms with E-state index in [4.69, 9.17) is 20.6 Å². The van der Waals surface area contributed by atoms with E-state index < -0.39 is 0 Å². The van der Waals surface area contributed by atoms with E-state index in [0.717, 1.165) is 56.0 Å². The topological polar surface area (TPSA) is 71.6 Å². The van der Waals surface area contributed by atoms with Crippen LogP contribution in [0.25, 0.3) is 0 Å². The molecule has 1 heterocycles. The largest absolute Gasteiger partial charge is 0.496 e. The van der Waals surface area contributed by atoms with Gasteiger partial charge in [-0.15, -0.1) is 0 Å². The third kappa shape index (κ3) is 4.19. The van der Waals surface area contributed by atoms with Gasteiger partial charge < -0.3 is 15.2 Å². The summed E-state index contributed by atoms with van der Waals surface area (Å²) in [6, 6.07) is 5.65. The van der Waals surface area contributed by atoms with Gasteiger partial charge in [0.25, 0.3) is 0 Å². The van der Waals surface area contributed by atoms with Gasteiger partial charge in [-0.25, -0.2) is 0 Å². The standard InChI is InChI=1S/C16H25N3O2/c1-3-19(11-14-5-4-8-21-14)10-13-9-12(16(17)18)6-7-15(13)20-2/h6-7,9,14H,3-5,8,10-11H2,1-2H3,(H3,17,18). The first-order valence-corrected chi connectivity index (χ1v) is 7.49. The summed E-state index contributed by atoms with van der Waals surface area (Å²) in [4.78, 5) is 2.34. The number of amidine groups is 1. The van der Waals surface area contributed by atoms with Gasteiger partial charge in [0.05, 0.1) is 13.2 Å². The van der Waals surface area contributed by atoms with Crippen LogP contribution in [0.1, 0.15) is 30.9 Å². The average molecular weight is 291 g/mol. The minimum Gasteiger partial charge on any atom is -0.496 e. The minimum atomic E-state index is 0.0843. The lowest BCUT2D eigenvalue weighted by atomic mass is 10.1. The molecule has 1 atom stereocenters. The zero-order valence-electron chi connectivity index (χ0n) is 12.9. The molecular formula is C16H25N3O2. The molecule has 1 aromatic carbocycles. The molecule has 2 rings (SSSR count). The van der Waals surface area contributed by atoms with Gasteiger partial charge in [0.15, 0.2) is 0 Å². The van der Waals surface area contributed by atoms with Crippen molar-refractivity contribution in [1.29, 1.82) is 5.41 Å². The van der Waals surface area contributed by atoms with Crippen molar-refractivity contribution in [3.8, 4) is 5.75 Å². The van der Waals surface area contributed by atoms with Crippen molar-refractivity contribution < 1.29 is 9.47 Å². The van der Waals surface area contributed by atoms with E-state index in [9.17, 15) is 0 Å². The van der Waals surface area contributed by atoms with E-state index in [0.29, 0.717) is 6.10 Å². The number of nitrogens with one attached hydrogen (secondary N) is 1. The van der Waals surface area contributed by atoms with Gasteiger partial charge in [-0.2, -0.15) is 0 Å². The maximum atomic E-state index is 7.57. The van der Waals surface area contributed by atoms with Crippen LogP contribution in [0.3, 0.4) is 0 Å². The quantitative estimate of drug-likeness (QED) is 0.595. The Morgan fingerprint density at radius 1 is 1.52 bits per heavy atom. The first-order valence-electron chi connectivity index (χ1n) is 7.49. The Balaban J connectivity index is 2.10. The lowest BCUT2D eigenvalue weighted by Crippen LogP contribution is -2.31. The smallest absolute Gasteiger partial charge is 0.123 e. The fraction of sp³-hybridized carbons (Fsp3) is 0.562. The summed E-state index contributed by atoms with van der Waals surface area (Å²) in [5.74, 6) is 0.923. The van der Waals surface area contributed by atoms with Gasteiger partial charge in [-0.05, 0) is 37.6 Å². The molecule has 1 aromatic rings. The summed E-state index contributed by atoms with van der Waals surface area (Å²) in [5.41, 5.74) is 7.37. The highest BCUT2D eigenvalue weighted by Crippen LogP contribution is 2.22. The van der Waals surface area contributed by atoms with Crippen LogP contribution in [0.4, 0.5) is 0 Å². The molecule has 1 saturated heterocycles. The van der Waals surface area contributed by atoms with Gasteiger partial charge in [-0.3, -0.25) is 10.3 Å². The molecule has 0 spiro atoms. The van der Waals surface area contributed by atoms with Crippen LogP contribution in [0.5, 0.6) is 5.75 Å². The second-order valence-corrected chi connectivity index (χ2v) is 5.40. The number of ether oxygens (including phenoxy) is 2. The van der Waals surface area contributed by atoms with Crippen molar-refractivity contribution >= 4 is 5.84 Å². The maximum absolute atomic E-state index is 7.57. The third-order valence-electron chi connectivity index (χ3n) is 3.92. The average Bonchev–Trinajstić information content (AvgIpc) is 2.99. The molecule has 3 N–H and O–H groups in total. The van der Waals surface area contributed by atoms with Crippen molar-refractivity contribution in [2.45, 2.75) is 32.4 Å². The lowest BCUT2D eigenvalue weighted by Gasteiger charge is -2.24. The van der Waals surface area contributed by atoms with Gasteiger partial charge in [0.1, 0.15) is 11.6 Å². The zero-order valence-corrected chi connectivity index (χ0v) is 12.9. The maximum Gasteiger partial charge on any atom is 0.123 e. The van der Waals surface area contributed by atoms with Gasteiger partial charge in [0.2, 0.25) is 0 Å². The Morgan fingerprint density at radius 3 is 2.90 bits per heavy atom.